The number of hydrogen-bond acceptors (Lipinski definition) is 3. The van der Waals surface area contributed by atoms with Crippen LogP contribution in [0.3, 0.4) is 0 Å². The maximum Gasteiger partial charge on any atom is 0.334 e. The third kappa shape index (κ3) is 2.83. The fourth-order valence-corrected chi connectivity index (χ4v) is 3.22. The molecule has 0 fully saturated rings. The van der Waals surface area contributed by atoms with Gasteiger partial charge in [-0.3, -0.25) is 4.98 Å². The molecule has 2 aromatic rings. The van der Waals surface area contributed by atoms with E-state index >= 15 is 0 Å². The quantitative estimate of drug-likeness (QED) is 0.918. The second kappa shape index (κ2) is 6.32. The summed E-state index contributed by atoms with van der Waals surface area (Å²) in [4.78, 5) is 18.1. The summed E-state index contributed by atoms with van der Waals surface area (Å²) in [5.41, 5.74) is 5.13. The Balaban J connectivity index is 2.12. The zero-order chi connectivity index (χ0) is 17.3. The first-order valence-corrected chi connectivity index (χ1v) is 7.88. The summed E-state index contributed by atoms with van der Waals surface area (Å²) >= 11 is 0. The standard InChI is InChI=1S/C20H20N2O2/c1-13-6-8-16(9-7-13)18-11-14(2)22(15(3)19(18)20(23)24)17-5-4-10-21-12-17/h4-12,18H,1-3H3,(H,23,24). The second-order valence-electron chi connectivity index (χ2n) is 6.05. The van der Waals surface area contributed by atoms with Crippen molar-refractivity contribution < 1.29 is 9.90 Å². The Morgan fingerprint density at radius 3 is 2.42 bits per heavy atom. The Morgan fingerprint density at radius 1 is 1.12 bits per heavy atom. The zero-order valence-electron chi connectivity index (χ0n) is 14.0. The summed E-state index contributed by atoms with van der Waals surface area (Å²) in [6.45, 7) is 5.87. The van der Waals surface area contributed by atoms with E-state index in [2.05, 4.69) is 4.98 Å². The minimum absolute atomic E-state index is 0.254. The molecule has 2 heterocycles. The molecule has 0 radical (unpaired) electrons. The van der Waals surface area contributed by atoms with Gasteiger partial charge in [-0.25, -0.2) is 4.79 Å². The third-order valence-corrected chi connectivity index (χ3v) is 4.37. The fraction of sp³-hybridized carbons (Fsp3) is 0.200. The van der Waals surface area contributed by atoms with Gasteiger partial charge in [-0.15, -0.1) is 0 Å². The predicted molar refractivity (Wildman–Crippen MR) is 94.7 cm³/mol. The number of allylic oxidation sites excluding steroid dienone is 3. The predicted octanol–water partition coefficient (Wildman–Crippen LogP) is 4.26. The molecule has 24 heavy (non-hydrogen) atoms. The monoisotopic (exact) mass is 320 g/mol. The van der Waals surface area contributed by atoms with E-state index in [9.17, 15) is 9.90 Å². The molecule has 0 spiro atoms. The highest BCUT2D eigenvalue weighted by Crippen LogP contribution is 2.38. The van der Waals surface area contributed by atoms with E-state index in [-0.39, 0.29) is 5.92 Å². The molecule has 0 amide bonds. The molecule has 1 N–H and O–H groups in total. The maximum absolute atomic E-state index is 12.0. The number of hydrogen-bond donors (Lipinski definition) is 1. The number of carbonyl (C=O) groups is 1. The van der Waals surface area contributed by atoms with Crippen LogP contribution in [0.5, 0.6) is 0 Å². The number of rotatable bonds is 3. The molecule has 122 valence electrons. The van der Waals surface area contributed by atoms with Gasteiger partial charge in [0.25, 0.3) is 0 Å². The van der Waals surface area contributed by atoms with Crippen molar-refractivity contribution in [1.82, 2.24) is 4.98 Å². The molecule has 4 heteroatoms. The Kier molecular flexibility index (Phi) is 4.21. The first-order valence-electron chi connectivity index (χ1n) is 7.88. The van der Waals surface area contributed by atoms with Gasteiger partial charge in [0.1, 0.15) is 0 Å². The first kappa shape index (κ1) is 16.0. The molecule has 1 atom stereocenters. The number of carboxylic acids is 1. The van der Waals surface area contributed by atoms with Crippen LogP contribution in [0.4, 0.5) is 5.69 Å². The summed E-state index contributed by atoms with van der Waals surface area (Å²) in [6, 6.07) is 11.8. The SMILES string of the molecule is CC1=CC(c2ccc(C)cc2)C(C(=O)O)=C(C)N1c1cccnc1. The number of nitrogens with zero attached hydrogens (tertiary/aromatic N) is 2. The van der Waals surface area contributed by atoms with Gasteiger partial charge in [0.05, 0.1) is 17.5 Å². The van der Waals surface area contributed by atoms with E-state index < -0.39 is 5.97 Å². The Hall–Kier alpha value is -2.88. The number of anilines is 1. The molecular formula is C20H20N2O2. The van der Waals surface area contributed by atoms with Gasteiger partial charge in [0, 0.05) is 23.5 Å². The summed E-state index contributed by atoms with van der Waals surface area (Å²) in [7, 11) is 0. The molecular weight excluding hydrogens is 300 g/mol. The number of aliphatic carboxylic acids is 1. The minimum atomic E-state index is -0.893. The lowest BCUT2D eigenvalue weighted by molar-refractivity contribution is -0.132. The molecule has 3 rings (SSSR count). The van der Waals surface area contributed by atoms with Crippen LogP contribution < -0.4 is 4.90 Å². The van der Waals surface area contributed by atoms with Gasteiger partial charge >= 0.3 is 5.97 Å². The van der Waals surface area contributed by atoms with Crippen molar-refractivity contribution in [3.05, 3.63) is 83.0 Å². The molecule has 1 aromatic heterocycles. The fourth-order valence-electron chi connectivity index (χ4n) is 3.22. The summed E-state index contributed by atoms with van der Waals surface area (Å²) < 4.78 is 0. The number of carboxylic acid groups (broad SMARTS) is 1. The molecule has 0 bridgehead atoms. The van der Waals surface area contributed by atoms with Gasteiger partial charge < -0.3 is 10.0 Å². The number of aromatic nitrogens is 1. The lowest BCUT2D eigenvalue weighted by Gasteiger charge is -2.34. The Labute approximate surface area is 141 Å². The van der Waals surface area contributed by atoms with Gasteiger partial charge in [0.2, 0.25) is 0 Å². The Bertz CT molecular complexity index is 820. The van der Waals surface area contributed by atoms with Gasteiger partial charge in [0.15, 0.2) is 0 Å². The molecule has 1 unspecified atom stereocenters. The van der Waals surface area contributed by atoms with E-state index in [1.165, 1.54) is 0 Å². The lowest BCUT2D eigenvalue weighted by Crippen LogP contribution is -2.29. The highest BCUT2D eigenvalue weighted by molar-refractivity contribution is 5.92. The summed E-state index contributed by atoms with van der Waals surface area (Å²) in [5.74, 6) is -1.15. The van der Waals surface area contributed by atoms with E-state index in [0.717, 1.165) is 28.2 Å². The van der Waals surface area contributed by atoms with Crippen LogP contribution in [-0.2, 0) is 4.79 Å². The summed E-state index contributed by atoms with van der Waals surface area (Å²) in [5, 5.41) is 9.82. The molecule has 1 aromatic carbocycles. The second-order valence-corrected chi connectivity index (χ2v) is 6.05. The van der Waals surface area contributed by atoms with Crippen molar-refractivity contribution in [2.75, 3.05) is 4.90 Å². The van der Waals surface area contributed by atoms with Crippen LogP contribution in [0.2, 0.25) is 0 Å². The average Bonchev–Trinajstić information content (AvgIpc) is 2.55. The van der Waals surface area contributed by atoms with Crippen molar-refractivity contribution in [3.8, 4) is 0 Å². The first-order chi connectivity index (χ1) is 11.5. The van der Waals surface area contributed by atoms with Gasteiger partial charge in [-0.1, -0.05) is 35.9 Å². The normalized spacial score (nSPS) is 17.7. The van der Waals surface area contributed by atoms with Crippen molar-refractivity contribution in [1.29, 1.82) is 0 Å². The van der Waals surface area contributed by atoms with Gasteiger partial charge in [-0.05, 0) is 38.5 Å². The summed E-state index contributed by atoms with van der Waals surface area (Å²) in [6.07, 6.45) is 5.46. The Morgan fingerprint density at radius 2 is 1.83 bits per heavy atom. The van der Waals surface area contributed by atoms with Crippen LogP contribution in [0.15, 0.2) is 71.8 Å². The van der Waals surface area contributed by atoms with Crippen LogP contribution in [0.1, 0.15) is 30.9 Å². The molecule has 1 aliphatic rings. The van der Waals surface area contributed by atoms with Crippen LogP contribution in [0.25, 0.3) is 0 Å². The molecule has 0 saturated heterocycles. The van der Waals surface area contributed by atoms with Crippen molar-refractivity contribution in [2.45, 2.75) is 26.7 Å². The lowest BCUT2D eigenvalue weighted by atomic mass is 9.85. The largest absolute Gasteiger partial charge is 0.478 e. The highest BCUT2D eigenvalue weighted by Gasteiger charge is 2.31. The number of aryl methyl sites for hydroxylation is 1. The van der Waals surface area contributed by atoms with Crippen LogP contribution in [-0.4, -0.2) is 16.1 Å². The van der Waals surface area contributed by atoms with Gasteiger partial charge in [-0.2, -0.15) is 0 Å². The number of benzene rings is 1. The topological polar surface area (TPSA) is 53.4 Å². The number of pyridine rings is 1. The van der Waals surface area contributed by atoms with E-state index in [1.807, 2.05) is 68.1 Å². The van der Waals surface area contributed by atoms with E-state index in [0.29, 0.717) is 5.57 Å². The minimum Gasteiger partial charge on any atom is -0.478 e. The molecule has 0 saturated carbocycles. The maximum atomic E-state index is 12.0. The van der Waals surface area contributed by atoms with Crippen LogP contribution in [0, 0.1) is 6.92 Å². The molecule has 0 aliphatic carbocycles. The zero-order valence-corrected chi connectivity index (χ0v) is 14.0. The smallest absolute Gasteiger partial charge is 0.334 e. The van der Waals surface area contributed by atoms with Crippen molar-refractivity contribution in [2.24, 2.45) is 0 Å². The average molecular weight is 320 g/mol. The highest BCUT2D eigenvalue weighted by atomic mass is 16.4. The van der Waals surface area contributed by atoms with E-state index in [1.54, 1.807) is 12.4 Å². The molecule has 4 nitrogen and oxygen atoms in total. The van der Waals surface area contributed by atoms with Crippen molar-refractivity contribution in [3.63, 3.8) is 0 Å². The van der Waals surface area contributed by atoms with Crippen molar-refractivity contribution >= 4 is 11.7 Å². The van der Waals surface area contributed by atoms with Crippen LogP contribution >= 0.6 is 0 Å². The third-order valence-electron chi connectivity index (χ3n) is 4.37. The van der Waals surface area contributed by atoms with E-state index in [4.69, 9.17) is 0 Å². The molecule has 1 aliphatic heterocycles.